The predicted molar refractivity (Wildman–Crippen MR) is 109 cm³/mol. The molecular weight excluding hydrogens is 356 g/mol. The molecule has 6 nitrogen and oxygen atoms in total. The van der Waals surface area contributed by atoms with Crippen molar-refractivity contribution in [3.8, 4) is 0 Å². The number of carbonyl (C=O) groups excluding carboxylic acids is 1. The van der Waals surface area contributed by atoms with Crippen LogP contribution in [0.15, 0.2) is 66.7 Å². The average Bonchev–Trinajstić information content (AvgIpc) is 2.73. The van der Waals surface area contributed by atoms with Crippen molar-refractivity contribution in [3.63, 3.8) is 0 Å². The van der Waals surface area contributed by atoms with Gasteiger partial charge in [0.05, 0.1) is 6.10 Å². The fraction of sp³-hybridized carbons (Fsp3) is 0.227. The highest BCUT2D eigenvalue weighted by Gasteiger charge is 2.21. The number of rotatable bonds is 7. The number of nitrogen functional groups attached to an aromatic ring is 1. The molecule has 0 saturated carbocycles. The third-order valence-electron chi connectivity index (χ3n) is 4.60. The van der Waals surface area contributed by atoms with E-state index >= 15 is 0 Å². The number of nitrogens with two attached hydrogens (primary N) is 1. The van der Waals surface area contributed by atoms with Gasteiger partial charge in [-0.05, 0) is 29.0 Å². The molecule has 0 aliphatic rings. The lowest BCUT2D eigenvalue weighted by atomic mass is 9.95. The van der Waals surface area contributed by atoms with E-state index in [0.29, 0.717) is 11.3 Å². The lowest BCUT2D eigenvalue weighted by Crippen LogP contribution is -2.29. The van der Waals surface area contributed by atoms with Crippen LogP contribution in [0, 0.1) is 0 Å². The van der Waals surface area contributed by atoms with Gasteiger partial charge in [-0.15, -0.1) is 0 Å². The van der Waals surface area contributed by atoms with Gasteiger partial charge in [-0.25, -0.2) is 4.79 Å². The molecule has 5 N–H and O–H groups in total. The molecule has 6 heteroatoms. The lowest BCUT2D eigenvalue weighted by Gasteiger charge is -2.20. The first-order valence-corrected chi connectivity index (χ1v) is 9.14. The molecule has 0 radical (unpaired) electrons. The molecule has 0 heterocycles. The molecule has 0 spiro atoms. The molecule has 0 fully saturated rings. The Kier molecular flexibility index (Phi) is 6.47. The molecule has 0 aliphatic carbocycles. The van der Waals surface area contributed by atoms with Gasteiger partial charge >= 0.3 is 6.09 Å². The number of anilines is 1. The number of aliphatic hydroxyl groups is 2. The molecule has 0 saturated heterocycles. The van der Waals surface area contributed by atoms with Crippen molar-refractivity contribution in [1.82, 2.24) is 5.32 Å². The minimum absolute atomic E-state index is 0.176. The number of amides is 1. The summed E-state index contributed by atoms with van der Waals surface area (Å²) in [6.07, 6.45) is -2.52. The molecule has 1 amide bonds. The fourth-order valence-electron chi connectivity index (χ4n) is 3.06. The first-order chi connectivity index (χ1) is 13.6. The second-order valence-electron chi connectivity index (χ2n) is 6.58. The van der Waals surface area contributed by atoms with Crippen LogP contribution in [0.5, 0.6) is 0 Å². The third-order valence-corrected chi connectivity index (χ3v) is 4.60. The number of hydrogen-bond donors (Lipinski definition) is 4. The van der Waals surface area contributed by atoms with Crippen molar-refractivity contribution in [2.24, 2.45) is 0 Å². The number of carbonyl (C=O) groups is 1. The summed E-state index contributed by atoms with van der Waals surface area (Å²) in [7, 11) is 0. The SMILES string of the molecule is Nc1ccc(C(O)C(O)CCNC(=O)OCc2ccccc2)c2ccccc12. The Balaban J connectivity index is 1.52. The minimum atomic E-state index is -1.09. The van der Waals surface area contributed by atoms with E-state index in [4.69, 9.17) is 10.5 Å². The number of hydrogen-bond acceptors (Lipinski definition) is 5. The monoisotopic (exact) mass is 380 g/mol. The molecule has 0 bridgehead atoms. The Morgan fingerprint density at radius 3 is 2.39 bits per heavy atom. The van der Waals surface area contributed by atoms with E-state index in [0.717, 1.165) is 16.3 Å². The molecular formula is C22H24N2O4. The van der Waals surface area contributed by atoms with Gasteiger partial charge in [-0.2, -0.15) is 0 Å². The third kappa shape index (κ3) is 4.79. The topological polar surface area (TPSA) is 105 Å². The van der Waals surface area contributed by atoms with Crippen LogP contribution in [-0.2, 0) is 11.3 Å². The van der Waals surface area contributed by atoms with Crippen LogP contribution in [0.4, 0.5) is 10.5 Å². The Labute approximate surface area is 163 Å². The predicted octanol–water partition coefficient (Wildman–Crippen LogP) is 3.13. The quantitative estimate of drug-likeness (QED) is 0.471. The summed E-state index contributed by atoms with van der Waals surface area (Å²) < 4.78 is 5.12. The zero-order valence-electron chi connectivity index (χ0n) is 15.4. The maximum Gasteiger partial charge on any atom is 0.407 e. The van der Waals surface area contributed by atoms with E-state index in [1.165, 1.54) is 0 Å². The molecule has 3 rings (SSSR count). The molecule has 28 heavy (non-hydrogen) atoms. The Hall–Kier alpha value is -3.09. The minimum Gasteiger partial charge on any atom is -0.445 e. The second-order valence-corrected chi connectivity index (χ2v) is 6.58. The van der Waals surface area contributed by atoms with Crippen LogP contribution in [0.1, 0.15) is 23.7 Å². The number of alkyl carbamates (subject to hydrolysis) is 1. The van der Waals surface area contributed by atoms with E-state index in [1.54, 1.807) is 12.1 Å². The highest BCUT2D eigenvalue weighted by atomic mass is 16.5. The Bertz CT molecular complexity index is 930. The van der Waals surface area contributed by atoms with Crippen LogP contribution in [0.25, 0.3) is 10.8 Å². The van der Waals surface area contributed by atoms with Crippen molar-refractivity contribution in [2.75, 3.05) is 12.3 Å². The molecule has 2 atom stereocenters. The van der Waals surface area contributed by atoms with Crippen LogP contribution >= 0.6 is 0 Å². The highest BCUT2D eigenvalue weighted by Crippen LogP contribution is 2.30. The summed E-state index contributed by atoms with van der Waals surface area (Å²) in [4.78, 5) is 11.8. The van der Waals surface area contributed by atoms with Crippen molar-refractivity contribution in [3.05, 3.63) is 77.9 Å². The highest BCUT2D eigenvalue weighted by molar-refractivity contribution is 5.95. The summed E-state index contributed by atoms with van der Waals surface area (Å²) in [5.41, 5.74) is 8.09. The average molecular weight is 380 g/mol. The summed E-state index contributed by atoms with van der Waals surface area (Å²) in [6, 6.07) is 20.2. The number of nitrogens with one attached hydrogen (secondary N) is 1. The fourth-order valence-corrected chi connectivity index (χ4v) is 3.06. The number of benzene rings is 3. The standard InChI is InChI=1S/C22H24N2O4/c23-19-11-10-18(16-8-4-5-9-17(16)19)21(26)20(25)12-13-24-22(27)28-14-15-6-2-1-3-7-15/h1-11,20-21,25-26H,12-14,23H2,(H,24,27). The van der Waals surface area contributed by atoms with Gasteiger partial charge in [0.25, 0.3) is 0 Å². The van der Waals surface area contributed by atoms with Crippen LogP contribution < -0.4 is 11.1 Å². The normalized spacial score (nSPS) is 13.1. The lowest BCUT2D eigenvalue weighted by molar-refractivity contribution is 0.0145. The van der Waals surface area contributed by atoms with Gasteiger partial charge in [0, 0.05) is 17.6 Å². The van der Waals surface area contributed by atoms with E-state index in [2.05, 4.69) is 5.32 Å². The van der Waals surface area contributed by atoms with Crippen LogP contribution in [0.3, 0.4) is 0 Å². The van der Waals surface area contributed by atoms with Gasteiger partial charge in [0.15, 0.2) is 0 Å². The number of fused-ring (bicyclic) bond motifs is 1. The number of ether oxygens (including phenoxy) is 1. The summed E-state index contributed by atoms with van der Waals surface area (Å²) in [5.74, 6) is 0. The second kappa shape index (κ2) is 9.21. The number of aliphatic hydroxyl groups excluding tert-OH is 2. The molecule has 146 valence electrons. The molecule has 0 aliphatic heterocycles. The van der Waals surface area contributed by atoms with E-state index in [-0.39, 0.29) is 19.6 Å². The summed E-state index contributed by atoms with van der Waals surface area (Å²) in [5, 5.41) is 25.1. The van der Waals surface area contributed by atoms with Gasteiger partial charge in [-0.3, -0.25) is 0 Å². The molecule has 3 aromatic carbocycles. The smallest absolute Gasteiger partial charge is 0.407 e. The van der Waals surface area contributed by atoms with Crippen LogP contribution in [0.2, 0.25) is 0 Å². The molecule has 3 aromatic rings. The van der Waals surface area contributed by atoms with Crippen LogP contribution in [-0.4, -0.2) is 29.0 Å². The first kappa shape index (κ1) is 19.7. The maximum atomic E-state index is 11.8. The van der Waals surface area contributed by atoms with Gasteiger partial charge in [-0.1, -0.05) is 60.7 Å². The summed E-state index contributed by atoms with van der Waals surface area (Å²) in [6.45, 7) is 0.355. The molecule has 2 unspecified atom stereocenters. The zero-order valence-corrected chi connectivity index (χ0v) is 15.4. The largest absolute Gasteiger partial charge is 0.445 e. The van der Waals surface area contributed by atoms with E-state index in [9.17, 15) is 15.0 Å². The van der Waals surface area contributed by atoms with Gasteiger partial charge < -0.3 is 26.0 Å². The van der Waals surface area contributed by atoms with Gasteiger partial charge in [0.2, 0.25) is 0 Å². The van der Waals surface area contributed by atoms with Crippen molar-refractivity contribution in [1.29, 1.82) is 0 Å². The Morgan fingerprint density at radius 1 is 0.964 bits per heavy atom. The maximum absolute atomic E-state index is 11.8. The first-order valence-electron chi connectivity index (χ1n) is 9.14. The van der Waals surface area contributed by atoms with E-state index in [1.807, 2.05) is 54.6 Å². The molecule has 0 aromatic heterocycles. The van der Waals surface area contributed by atoms with Crippen molar-refractivity contribution in [2.45, 2.75) is 25.2 Å². The van der Waals surface area contributed by atoms with Crippen molar-refractivity contribution >= 4 is 22.6 Å². The van der Waals surface area contributed by atoms with Crippen molar-refractivity contribution < 1.29 is 19.7 Å². The van der Waals surface area contributed by atoms with Gasteiger partial charge in [0.1, 0.15) is 12.7 Å². The Morgan fingerprint density at radius 2 is 1.64 bits per heavy atom. The summed E-state index contributed by atoms with van der Waals surface area (Å²) >= 11 is 0. The van der Waals surface area contributed by atoms with E-state index < -0.39 is 18.3 Å². The zero-order chi connectivity index (χ0) is 19.9.